The fourth-order valence-corrected chi connectivity index (χ4v) is 2.81. The van der Waals surface area contributed by atoms with Crippen molar-refractivity contribution in [3.05, 3.63) is 23.8 Å². The number of methoxy groups -OCH3 is 1. The van der Waals surface area contributed by atoms with Gasteiger partial charge in [-0.15, -0.1) is 0 Å². The Morgan fingerprint density at radius 2 is 2.11 bits per heavy atom. The third-order valence-electron chi connectivity index (χ3n) is 2.80. The standard InChI is InChI=1S/C12H11BrN2O4/c1-6(16)9(12(17)18-2)10(13)7-4-3-5-8-11(7)15-19-14-8/h3-5,9-10H,1-2H3. The molecular formula is C12H11BrN2O4. The number of carbonyl (C=O) groups is 2. The molecule has 19 heavy (non-hydrogen) atoms. The molecule has 0 aliphatic heterocycles. The van der Waals surface area contributed by atoms with Crippen molar-refractivity contribution in [2.45, 2.75) is 11.8 Å². The minimum Gasteiger partial charge on any atom is -0.468 e. The summed E-state index contributed by atoms with van der Waals surface area (Å²) in [5, 5.41) is 7.51. The van der Waals surface area contributed by atoms with Crippen molar-refractivity contribution in [3.63, 3.8) is 0 Å². The van der Waals surface area contributed by atoms with Crippen molar-refractivity contribution >= 4 is 38.7 Å². The molecule has 2 unspecified atom stereocenters. The van der Waals surface area contributed by atoms with Crippen LogP contribution in [0.15, 0.2) is 22.8 Å². The van der Waals surface area contributed by atoms with Gasteiger partial charge in [0, 0.05) is 0 Å². The number of fused-ring (bicyclic) bond motifs is 1. The number of nitrogens with zero attached hydrogens (tertiary/aromatic N) is 2. The number of hydrogen-bond acceptors (Lipinski definition) is 6. The molecule has 6 nitrogen and oxygen atoms in total. The number of carbonyl (C=O) groups excluding carboxylic acids is 2. The molecular weight excluding hydrogens is 316 g/mol. The molecule has 1 aromatic carbocycles. The van der Waals surface area contributed by atoms with Gasteiger partial charge < -0.3 is 4.74 Å². The minimum atomic E-state index is -0.938. The van der Waals surface area contributed by atoms with Crippen molar-refractivity contribution in [3.8, 4) is 0 Å². The van der Waals surface area contributed by atoms with Crippen molar-refractivity contribution < 1.29 is 19.0 Å². The Morgan fingerprint density at radius 1 is 1.37 bits per heavy atom. The van der Waals surface area contributed by atoms with E-state index in [1.165, 1.54) is 14.0 Å². The fourth-order valence-electron chi connectivity index (χ4n) is 1.85. The van der Waals surface area contributed by atoms with E-state index in [9.17, 15) is 9.59 Å². The van der Waals surface area contributed by atoms with Crippen LogP contribution in [0, 0.1) is 5.92 Å². The van der Waals surface area contributed by atoms with Crippen LogP contribution in [0.3, 0.4) is 0 Å². The van der Waals surface area contributed by atoms with Crippen LogP contribution in [0.2, 0.25) is 0 Å². The van der Waals surface area contributed by atoms with E-state index < -0.39 is 16.7 Å². The average Bonchev–Trinajstić information content (AvgIpc) is 2.85. The van der Waals surface area contributed by atoms with Crippen LogP contribution in [0.1, 0.15) is 17.3 Å². The van der Waals surface area contributed by atoms with Crippen LogP contribution in [-0.4, -0.2) is 29.2 Å². The summed E-state index contributed by atoms with van der Waals surface area (Å²) in [6.07, 6.45) is 0. The van der Waals surface area contributed by atoms with Gasteiger partial charge in [0.2, 0.25) is 0 Å². The van der Waals surface area contributed by atoms with Gasteiger partial charge >= 0.3 is 5.97 Å². The maximum Gasteiger partial charge on any atom is 0.317 e. The summed E-state index contributed by atoms with van der Waals surface area (Å²) in [7, 11) is 1.25. The smallest absolute Gasteiger partial charge is 0.317 e. The molecule has 0 spiro atoms. The molecule has 100 valence electrons. The molecule has 7 heteroatoms. The molecule has 1 heterocycles. The highest BCUT2D eigenvalue weighted by Gasteiger charge is 2.34. The summed E-state index contributed by atoms with van der Waals surface area (Å²) in [5.41, 5.74) is 1.73. The lowest BCUT2D eigenvalue weighted by molar-refractivity contribution is -0.148. The molecule has 0 aliphatic rings. The summed E-state index contributed by atoms with van der Waals surface area (Å²) in [4.78, 5) is 22.8. The molecule has 0 saturated carbocycles. The Balaban J connectivity index is 2.47. The van der Waals surface area contributed by atoms with Gasteiger partial charge in [0.15, 0.2) is 0 Å². The molecule has 2 rings (SSSR count). The highest BCUT2D eigenvalue weighted by atomic mass is 79.9. The van der Waals surface area contributed by atoms with Gasteiger partial charge in [-0.3, -0.25) is 9.59 Å². The first-order valence-corrected chi connectivity index (χ1v) is 6.41. The monoisotopic (exact) mass is 326 g/mol. The zero-order valence-corrected chi connectivity index (χ0v) is 11.9. The molecule has 0 saturated heterocycles. The van der Waals surface area contributed by atoms with Gasteiger partial charge in [0.05, 0.1) is 11.9 Å². The van der Waals surface area contributed by atoms with E-state index in [-0.39, 0.29) is 5.78 Å². The first kappa shape index (κ1) is 13.7. The van der Waals surface area contributed by atoms with Crippen LogP contribution in [0.25, 0.3) is 11.0 Å². The number of esters is 1. The van der Waals surface area contributed by atoms with E-state index in [1.54, 1.807) is 18.2 Å². The van der Waals surface area contributed by atoms with Crippen LogP contribution in [0.5, 0.6) is 0 Å². The lowest BCUT2D eigenvalue weighted by Crippen LogP contribution is -2.27. The Morgan fingerprint density at radius 3 is 2.74 bits per heavy atom. The predicted octanol–water partition coefficient (Wildman–Crippen LogP) is 2.04. The van der Waals surface area contributed by atoms with Gasteiger partial charge in [-0.1, -0.05) is 28.1 Å². The lowest BCUT2D eigenvalue weighted by atomic mass is 9.95. The number of rotatable bonds is 4. The van der Waals surface area contributed by atoms with Crippen LogP contribution in [-0.2, 0) is 14.3 Å². The summed E-state index contributed by atoms with van der Waals surface area (Å²) in [6.45, 7) is 1.34. The van der Waals surface area contributed by atoms with Crippen molar-refractivity contribution in [1.82, 2.24) is 10.3 Å². The molecule has 2 atom stereocenters. The number of hydrogen-bond donors (Lipinski definition) is 0. The average molecular weight is 327 g/mol. The van der Waals surface area contributed by atoms with Gasteiger partial charge in [-0.25, -0.2) is 4.63 Å². The van der Waals surface area contributed by atoms with Crippen LogP contribution < -0.4 is 0 Å². The van der Waals surface area contributed by atoms with Crippen molar-refractivity contribution in [2.75, 3.05) is 7.11 Å². The summed E-state index contributed by atoms with van der Waals surface area (Å²) in [5.74, 6) is -1.82. The molecule has 0 bridgehead atoms. The molecule has 1 aromatic heterocycles. The summed E-state index contributed by atoms with van der Waals surface area (Å²) >= 11 is 3.37. The molecule has 0 radical (unpaired) electrons. The van der Waals surface area contributed by atoms with Crippen LogP contribution in [0.4, 0.5) is 0 Å². The zero-order valence-electron chi connectivity index (χ0n) is 10.3. The largest absolute Gasteiger partial charge is 0.468 e. The number of aromatic nitrogens is 2. The fraction of sp³-hybridized carbons (Fsp3) is 0.333. The van der Waals surface area contributed by atoms with Gasteiger partial charge in [-0.2, -0.15) is 0 Å². The maximum absolute atomic E-state index is 11.7. The zero-order chi connectivity index (χ0) is 14.0. The number of alkyl halides is 1. The highest BCUT2D eigenvalue weighted by molar-refractivity contribution is 9.09. The third-order valence-corrected chi connectivity index (χ3v) is 3.82. The number of Topliss-reactive ketones (excluding diaryl/α,β-unsaturated/α-hetero) is 1. The third kappa shape index (κ3) is 2.51. The summed E-state index contributed by atoms with van der Waals surface area (Å²) in [6, 6.07) is 5.24. The maximum atomic E-state index is 11.7. The first-order chi connectivity index (χ1) is 9.06. The van der Waals surface area contributed by atoms with E-state index in [1.807, 2.05) is 0 Å². The van der Waals surface area contributed by atoms with E-state index in [0.717, 1.165) is 0 Å². The highest BCUT2D eigenvalue weighted by Crippen LogP contribution is 2.35. The van der Waals surface area contributed by atoms with E-state index in [4.69, 9.17) is 0 Å². The van der Waals surface area contributed by atoms with Gasteiger partial charge in [0.25, 0.3) is 0 Å². The van der Waals surface area contributed by atoms with Crippen molar-refractivity contribution in [1.29, 1.82) is 0 Å². The molecule has 0 N–H and O–H groups in total. The Hall–Kier alpha value is -1.76. The molecule has 0 aliphatic carbocycles. The second-order valence-electron chi connectivity index (χ2n) is 3.99. The number of benzene rings is 1. The minimum absolute atomic E-state index is 0.290. The van der Waals surface area contributed by atoms with E-state index in [0.29, 0.717) is 16.6 Å². The van der Waals surface area contributed by atoms with E-state index >= 15 is 0 Å². The first-order valence-electron chi connectivity index (χ1n) is 5.49. The van der Waals surface area contributed by atoms with Gasteiger partial charge in [0.1, 0.15) is 22.7 Å². The van der Waals surface area contributed by atoms with Crippen molar-refractivity contribution in [2.24, 2.45) is 5.92 Å². The lowest BCUT2D eigenvalue weighted by Gasteiger charge is -2.18. The quantitative estimate of drug-likeness (QED) is 0.485. The Bertz CT molecular complexity index is 625. The Kier molecular flexibility index (Phi) is 3.94. The molecule has 0 amide bonds. The predicted molar refractivity (Wildman–Crippen MR) is 69.7 cm³/mol. The van der Waals surface area contributed by atoms with Crippen LogP contribution >= 0.6 is 15.9 Å². The normalized spacial score (nSPS) is 14.1. The second kappa shape index (κ2) is 5.48. The number of ether oxygens (including phenoxy) is 1. The summed E-state index contributed by atoms with van der Waals surface area (Å²) < 4.78 is 9.32. The second-order valence-corrected chi connectivity index (χ2v) is 4.98. The molecule has 0 fully saturated rings. The topological polar surface area (TPSA) is 82.3 Å². The molecule has 2 aromatic rings. The number of halogens is 1. The van der Waals surface area contributed by atoms with E-state index in [2.05, 4.69) is 35.6 Å². The SMILES string of the molecule is COC(=O)C(C(C)=O)C(Br)c1cccc2nonc12. The Labute approximate surface area is 117 Å². The number of ketones is 1. The van der Waals surface area contributed by atoms with Gasteiger partial charge in [-0.05, 0) is 28.9 Å².